The maximum Gasteiger partial charge on any atom is 0.192 e. The van der Waals surface area contributed by atoms with E-state index in [-0.39, 0.29) is 11.1 Å². The molecule has 4 aliphatic rings. The molecule has 0 aromatic rings. The molecule has 4 rings (SSSR count). The summed E-state index contributed by atoms with van der Waals surface area (Å²) >= 11 is 0. The van der Waals surface area contributed by atoms with Gasteiger partial charge in [0.05, 0.1) is 6.10 Å². The Balaban J connectivity index is 1.59. The molecule has 0 aromatic carbocycles. The van der Waals surface area contributed by atoms with Crippen molar-refractivity contribution in [2.75, 3.05) is 6.61 Å². The summed E-state index contributed by atoms with van der Waals surface area (Å²) in [5, 5.41) is 22.0. The Labute approximate surface area is 218 Å². The van der Waals surface area contributed by atoms with E-state index in [1.165, 1.54) is 38.5 Å². The molecule has 204 valence electrons. The van der Waals surface area contributed by atoms with Crippen molar-refractivity contribution in [3.8, 4) is 0 Å². The van der Waals surface area contributed by atoms with Gasteiger partial charge in [-0.05, 0) is 122 Å². The Morgan fingerprint density at radius 3 is 2.20 bits per heavy atom. The Bertz CT molecular complexity index is 746. The van der Waals surface area contributed by atoms with Crippen molar-refractivity contribution in [2.24, 2.45) is 52.3 Å². The largest absolute Gasteiger partial charge is 0.414 e. The molecule has 4 saturated carbocycles. The van der Waals surface area contributed by atoms with Crippen molar-refractivity contribution >= 4 is 8.32 Å². The molecule has 4 aliphatic carbocycles. The standard InChI is InChI=1S/C31H58O3Si/c1-10-22-26-19-21(34-35(8,9)29(3,4)5)13-16-31(26,7)25-14-17-30(6)23(20(2)15-18-32)11-12-24(30)27(25)28(22)33/h20-28,32-33H,10-19H2,1-9H3/t20-,21-,22-,23?,24?,25?,26?,27?,28?,30-,31-/m1/s1. The van der Waals surface area contributed by atoms with Gasteiger partial charge in [0, 0.05) is 12.7 Å². The lowest BCUT2D eigenvalue weighted by atomic mass is 9.41. The highest BCUT2D eigenvalue weighted by Crippen LogP contribution is 2.69. The quantitative estimate of drug-likeness (QED) is 0.364. The van der Waals surface area contributed by atoms with Crippen molar-refractivity contribution < 1.29 is 14.6 Å². The minimum Gasteiger partial charge on any atom is -0.414 e. The van der Waals surface area contributed by atoms with E-state index in [0.717, 1.165) is 19.3 Å². The first-order valence-electron chi connectivity index (χ1n) is 15.2. The molecular weight excluding hydrogens is 448 g/mol. The summed E-state index contributed by atoms with van der Waals surface area (Å²) < 4.78 is 6.99. The van der Waals surface area contributed by atoms with Gasteiger partial charge in [0.25, 0.3) is 0 Å². The number of hydrogen-bond acceptors (Lipinski definition) is 3. The van der Waals surface area contributed by atoms with Crippen LogP contribution in [0.5, 0.6) is 0 Å². The molecule has 0 heterocycles. The van der Waals surface area contributed by atoms with Crippen molar-refractivity contribution in [2.45, 2.75) is 137 Å². The number of hydrogen-bond donors (Lipinski definition) is 2. The summed E-state index contributed by atoms with van der Waals surface area (Å²) in [6, 6.07) is 0. The molecule has 11 atom stereocenters. The van der Waals surface area contributed by atoms with E-state index in [9.17, 15) is 10.2 Å². The van der Waals surface area contributed by atoms with Crippen molar-refractivity contribution in [1.82, 2.24) is 0 Å². The van der Waals surface area contributed by atoms with Crippen molar-refractivity contribution in [3.05, 3.63) is 0 Å². The van der Waals surface area contributed by atoms with Crippen LogP contribution in [0.15, 0.2) is 0 Å². The van der Waals surface area contributed by atoms with Crippen LogP contribution in [0.2, 0.25) is 18.1 Å². The zero-order chi connectivity index (χ0) is 26.0. The van der Waals surface area contributed by atoms with E-state index in [1.54, 1.807) is 0 Å². The Morgan fingerprint density at radius 1 is 0.971 bits per heavy atom. The molecule has 0 bridgehead atoms. The summed E-state index contributed by atoms with van der Waals surface area (Å²) in [4.78, 5) is 0. The maximum absolute atomic E-state index is 12.1. The van der Waals surface area contributed by atoms with E-state index in [0.29, 0.717) is 65.0 Å². The molecule has 4 heteroatoms. The fourth-order valence-corrected chi connectivity index (χ4v) is 11.4. The summed E-state index contributed by atoms with van der Waals surface area (Å²) in [5.74, 6) is 4.04. The van der Waals surface area contributed by atoms with Crippen molar-refractivity contribution in [3.63, 3.8) is 0 Å². The second kappa shape index (κ2) is 9.69. The topological polar surface area (TPSA) is 49.7 Å². The number of aliphatic hydroxyl groups is 2. The average molecular weight is 507 g/mol. The van der Waals surface area contributed by atoms with E-state index in [2.05, 4.69) is 61.6 Å². The summed E-state index contributed by atoms with van der Waals surface area (Å²) in [7, 11) is -1.79. The van der Waals surface area contributed by atoms with Crippen LogP contribution in [-0.2, 0) is 4.43 Å². The molecule has 4 fully saturated rings. The van der Waals surface area contributed by atoms with Gasteiger partial charge in [-0.15, -0.1) is 0 Å². The molecule has 2 N–H and O–H groups in total. The Kier molecular flexibility index (Phi) is 7.78. The lowest BCUT2D eigenvalue weighted by molar-refractivity contribution is -0.202. The lowest BCUT2D eigenvalue weighted by Crippen LogP contribution is -2.62. The van der Waals surface area contributed by atoms with Crippen LogP contribution in [0, 0.1) is 52.3 Å². The van der Waals surface area contributed by atoms with Crippen molar-refractivity contribution in [1.29, 1.82) is 0 Å². The van der Waals surface area contributed by atoms with E-state index in [1.807, 2.05) is 0 Å². The lowest BCUT2D eigenvalue weighted by Gasteiger charge is -2.65. The first-order chi connectivity index (χ1) is 16.2. The minimum absolute atomic E-state index is 0.161. The molecule has 0 spiro atoms. The minimum atomic E-state index is -1.79. The van der Waals surface area contributed by atoms with Gasteiger partial charge >= 0.3 is 0 Å². The fourth-order valence-electron chi connectivity index (χ4n) is 10.0. The second-order valence-electron chi connectivity index (χ2n) is 15.5. The van der Waals surface area contributed by atoms with Gasteiger partial charge in [-0.1, -0.05) is 54.9 Å². The molecule has 0 aliphatic heterocycles. The third kappa shape index (κ3) is 4.53. The highest BCUT2D eigenvalue weighted by Gasteiger charge is 2.65. The first kappa shape index (κ1) is 28.1. The molecule has 0 saturated heterocycles. The third-order valence-electron chi connectivity index (χ3n) is 13.0. The van der Waals surface area contributed by atoms with Crippen LogP contribution < -0.4 is 0 Å². The predicted molar refractivity (Wildman–Crippen MR) is 149 cm³/mol. The van der Waals surface area contributed by atoms with Crippen LogP contribution in [0.3, 0.4) is 0 Å². The monoisotopic (exact) mass is 506 g/mol. The van der Waals surface area contributed by atoms with E-state index < -0.39 is 8.32 Å². The Morgan fingerprint density at radius 2 is 1.60 bits per heavy atom. The molecule has 0 radical (unpaired) electrons. The average Bonchev–Trinajstić information content (AvgIpc) is 3.11. The number of fused-ring (bicyclic) bond motifs is 5. The Hall–Kier alpha value is 0.0969. The highest BCUT2D eigenvalue weighted by atomic mass is 28.4. The molecule has 3 nitrogen and oxygen atoms in total. The maximum atomic E-state index is 12.1. The van der Waals surface area contributed by atoms with Crippen LogP contribution in [0.25, 0.3) is 0 Å². The second-order valence-corrected chi connectivity index (χ2v) is 20.2. The van der Waals surface area contributed by atoms with Gasteiger partial charge in [0.1, 0.15) is 0 Å². The first-order valence-corrected chi connectivity index (χ1v) is 18.1. The fraction of sp³-hybridized carbons (Fsp3) is 1.00. The van der Waals surface area contributed by atoms with Gasteiger partial charge in [-0.2, -0.15) is 0 Å². The molecule has 0 amide bonds. The van der Waals surface area contributed by atoms with Crippen LogP contribution >= 0.6 is 0 Å². The van der Waals surface area contributed by atoms with Gasteiger partial charge < -0.3 is 14.6 Å². The SMILES string of the molecule is CC[C@H]1C(O)C2C3CCC([C@H](C)CCO)[C@@]3(C)CCC2[C@@]2(C)CC[C@@H](O[Si](C)(C)C(C)(C)C)CC12. The summed E-state index contributed by atoms with van der Waals surface area (Å²) in [6.45, 7) is 22.1. The van der Waals surface area contributed by atoms with Crippen LogP contribution in [-0.4, -0.2) is 37.3 Å². The summed E-state index contributed by atoms with van der Waals surface area (Å²) in [5.41, 5.74) is 0.675. The molecule has 0 aromatic heterocycles. The molecular formula is C31H58O3Si. The number of rotatable bonds is 6. The predicted octanol–water partition coefficient (Wildman–Crippen LogP) is 7.66. The van der Waals surface area contributed by atoms with Crippen LogP contribution in [0.1, 0.15) is 106 Å². The van der Waals surface area contributed by atoms with Gasteiger partial charge in [-0.25, -0.2) is 0 Å². The van der Waals surface area contributed by atoms with Gasteiger partial charge in [0.15, 0.2) is 8.32 Å². The highest BCUT2D eigenvalue weighted by molar-refractivity contribution is 6.74. The molecule has 35 heavy (non-hydrogen) atoms. The number of aliphatic hydroxyl groups excluding tert-OH is 2. The smallest absolute Gasteiger partial charge is 0.192 e. The third-order valence-corrected chi connectivity index (χ3v) is 17.5. The van der Waals surface area contributed by atoms with Gasteiger partial charge in [-0.3, -0.25) is 0 Å². The van der Waals surface area contributed by atoms with Gasteiger partial charge in [0.2, 0.25) is 0 Å². The summed E-state index contributed by atoms with van der Waals surface area (Å²) in [6.07, 6.45) is 11.0. The zero-order valence-electron chi connectivity index (χ0n) is 24.6. The van der Waals surface area contributed by atoms with Crippen LogP contribution in [0.4, 0.5) is 0 Å². The zero-order valence-corrected chi connectivity index (χ0v) is 25.6. The van der Waals surface area contributed by atoms with E-state index in [4.69, 9.17) is 4.43 Å². The normalized spacial score (nSPS) is 47.1. The van der Waals surface area contributed by atoms with E-state index >= 15 is 0 Å². The molecule has 6 unspecified atom stereocenters.